The molecule has 3 amide bonds. The molecule has 12 heteroatoms. The lowest BCUT2D eigenvalue weighted by Crippen LogP contribution is -2.65. The number of hydrogen-bond acceptors (Lipinski definition) is 6. The van der Waals surface area contributed by atoms with Gasteiger partial charge < -0.3 is 25.0 Å². The van der Waals surface area contributed by atoms with Crippen molar-refractivity contribution in [1.29, 1.82) is 5.26 Å². The molecule has 0 bridgehead atoms. The summed E-state index contributed by atoms with van der Waals surface area (Å²) in [5, 5.41) is 14.3. The molecule has 0 spiro atoms. The highest BCUT2D eigenvalue weighted by molar-refractivity contribution is 5.91. The zero-order valence-corrected chi connectivity index (χ0v) is 21.0. The maximum atomic E-state index is 13.4. The molecule has 3 rings (SSSR count). The smallest absolute Gasteiger partial charge is 0.444 e. The fourth-order valence-corrected chi connectivity index (χ4v) is 4.42. The highest BCUT2D eigenvalue weighted by atomic mass is 19.4. The van der Waals surface area contributed by atoms with Gasteiger partial charge in [0, 0.05) is 25.2 Å². The summed E-state index contributed by atoms with van der Waals surface area (Å²) in [7, 11) is 0. The molecule has 1 saturated heterocycles. The van der Waals surface area contributed by atoms with E-state index in [0.29, 0.717) is 32.2 Å². The van der Waals surface area contributed by atoms with E-state index < -0.39 is 41.2 Å². The van der Waals surface area contributed by atoms with Crippen LogP contribution in [0, 0.1) is 17.2 Å². The van der Waals surface area contributed by atoms with E-state index in [-0.39, 0.29) is 30.1 Å². The third-order valence-electron chi connectivity index (χ3n) is 6.31. The molecule has 0 unspecified atom stereocenters. The molecular weight excluding hydrogens is 493 g/mol. The second-order valence-electron chi connectivity index (χ2n) is 10.4. The number of piperidine rings is 1. The highest BCUT2D eigenvalue weighted by Crippen LogP contribution is 2.35. The minimum Gasteiger partial charge on any atom is -0.444 e. The molecule has 2 N–H and O–H groups in total. The molecule has 9 nitrogen and oxygen atoms in total. The molecule has 2 fully saturated rings. The van der Waals surface area contributed by atoms with Crippen LogP contribution in [0.2, 0.25) is 0 Å². The van der Waals surface area contributed by atoms with Crippen LogP contribution in [0.3, 0.4) is 0 Å². The molecule has 2 aliphatic rings. The van der Waals surface area contributed by atoms with Crippen molar-refractivity contribution < 1.29 is 37.0 Å². The third-order valence-corrected chi connectivity index (χ3v) is 6.31. The number of likely N-dealkylation sites (tertiary alicyclic amines) is 1. The van der Waals surface area contributed by atoms with E-state index in [1.807, 2.05) is 0 Å². The Balaban J connectivity index is 1.63. The average molecular weight is 525 g/mol. The summed E-state index contributed by atoms with van der Waals surface area (Å²) in [5.41, 5.74) is -1.73. The second kappa shape index (κ2) is 10.9. The lowest BCUT2D eigenvalue weighted by atomic mass is 9.75. The number of halogens is 3. The minimum absolute atomic E-state index is 0.0133. The molecule has 1 atom stereocenters. The Morgan fingerprint density at radius 2 is 1.89 bits per heavy atom. The topological polar surface area (TPSA) is 121 Å². The van der Waals surface area contributed by atoms with Gasteiger partial charge in [-0.2, -0.15) is 5.26 Å². The van der Waals surface area contributed by atoms with Crippen molar-refractivity contribution in [3.8, 4) is 11.8 Å². The van der Waals surface area contributed by atoms with Gasteiger partial charge in [0.25, 0.3) is 0 Å². The fraction of sp³-hybridized carbons (Fsp3) is 0.600. The van der Waals surface area contributed by atoms with E-state index in [2.05, 4.69) is 15.4 Å². The van der Waals surface area contributed by atoms with Crippen molar-refractivity contribution in [2.45, 2.75) is 76.9 Å². The lowest BCUT2D eigenvalue weighted by Gasteiger charge is -2.45. The Morgan fingerprint density at radius 3 is 2.46 bits per heavy atom. The van der Waals surface area contributed by atoms with Crippen LogP contribution in [0.25, 0.3) is 0 Å². The van der Waals surface area contributed by atoms with Gasteiger partial charge in [0.15, 0.2) is 0 Å². The molecule has 1 heterocycles. The van der Waals surface area contributed by atoms with Crippen LogP contribution in [-0.4, -0.2) is 53.4 Å². The molecule has 202 valence electrons. The van der Waals surface area contributed by atoms with Gasteiger partial charge in [0.2, 0.25) is 11.8 Å². The summed E-state index contributed by atoms with van der Waals surface area (Å²) in [6, 6.07) is 5.34. The first-order chi connectivity index (χ1) is 17.2. The van der Waals surface area contributed by atoms with Crippen molar-refractivity contribution in [3.63, 3.8) is 0 Å². The summed E-state index contributed by atoms with van der Waals surface area (Å²) >= 11 is 0. The first kappa shape index (κ1) is 28.1. The summed E-state index contributed by atoms with van der Waals surface area (Å²) in [6.07, 6.45) is -2.86. The lowest BCUT2D eigenvalue weighted by molar-refractivity contribution is -0.274. The molecular formula is C25H31F3N4O5. The van der Waals surface area contributed by atoms with Gasteiger partial charge in [-0.15, -0.1) is 13.2 Å². The van der Waals surface area contributed by atoms with Crippen molar-refractivity contribution in [2.75, 3.05) is 13.1 Å². The molecule has 0 aromatic heterocycles. The van der Waals surface area contributed by atoms with Crippen LogP contribution in [-0.2, 0) is 20.9 Å². The Kier molecular flexibility index (Phi) is 8.25. The van der Waals surface area contributed by atoms with Gasteiger partial charge in [-0.1, -0.05) is 6.07 Å². The Bertz CT molecular complexity index is 1070. The van der Waals surface area contributed by atoms with Crippen LogP contribution in [0.15, 0.2) is 18.2 Å². The number of benzene rings is 1. The predicted molar refractivity (Wildman–Crippen MR) is 125 cm³/mol. The van der Waals surface area contributed by atoms with Crippen LogP contribution >= 0.6 is 0 Å². The highest BCUT2D eigenvalue weighted by Gasteiger charge is 2.49. The zero-order valence-electron chi connectivity index (χ0n) is 21.0. The first-order valence-corrected chi connectivity index (χ1v) is 12.1. The number of alkyl halides is 3. The van der Waals surface area contributed by atoms with E-state index in [1.165, 1.54) is 12.1 Å². The summed E-state index contributed by atoms with van der Waals surface area (Å²) in [5.74, 6) is -1.81. The number of carbonyl (C=O) groups is 3. The molecule has 1 aromatic rings. The number of alkyl carbamates (subject to hydrolysis) is 1. The van der Waals surface area contributed by atoms with E-state index in [1.54, 1.807) is 31.7 Å². The maximum absolute atomic E-state index is 13.4. The fourth-order valence-electron chi connectivity index (χ4n) is 4.42. The maximum Gasteiger partial charge on any atom is 0.573 e. The quantitative estimate of drug-likeness (QED) is 0.585. The van der Waals surface area contributed by atoms with Gasteiger partial charge in [0.05, 0.1) is 17.6 Å². The summed E-state index contributed by atoms with van der Waals surface area (Å²) in [4.78, 5) is 40.1. The monoisotopic (exact) mass is 524 g/mol. The number of rotatable bonds is 6. The number of carbonyl (C=O) groups excluding carboxylic acids is 3. The Hall–Kier alpha value is -3.49. The minimum atomic E-state index is -4.96. The van der Waals surface area contributed by atoms with Gasteiger partial charge in [-0.3, -0.25) is 9.59 Å². The normalized spacial score (nSPS) is 19.2. The summed E-state index contributed by atoms with van der Waals surface area (Å²) in [6.45, 7) is 5.50. The van der Waals surface area contributed by atoms with Gasteiger partial charge in [-0.05, 0) is 65.0 Å². The largest absolute Gasteiger partial charge is 0.573 e. The van der Waals surface area contributed by atoms with E-state index in [9.17, 15) is 27.6 Å². The molecule has 1 saturated carbocycles. The molecule has 1 aliphatic heterocycles. The van der Waals surface area contributed by atoms with E-state index >= 15 is 0 Å². The van der Waals surface area contributed by atoms with Crippen molar-refractivity contribution in [2.24, 2.45) is 5.92 Å². The standard InChI is InChI=1S/C25H31F3N4O5/c1-23(2,3)37-22(35)31-24(9-5-10-24)21(34)32-11-4-6-18(15-32)20(33)30-14-17-8-7-16(13-29)12-19(17)36-25(26,27)28/h7-8,12,18H,4-6,9-11,14-15H2,1-3H3,(H,30,33)(H,31,35)/t18-/m1/s1. The Morgan fingerprint density at radius 1 is 1.19 bits per heavy atom. The van der Waals surface area contributed by atoms with Crippen LogP contribution < -0.4 is 15.4 Å². The van der Waals surface area contributed by atoms with Gasteiger partial charge >= 0.3 is 12.5 Å². The molecule has 0 radical (unpaired) electrons. The number of ether oxygens (including phenoxy) is 2. The van der Waals surface area contributed by atoms with Gasteiger partial charge in [-0.25, -0.2) is 4.79 Å². The summed E-state index contributed by atoms with van der Waals surface area (Å²) < 4.78 is 47.7. The molecule has 1 aliphatic carbocycles. The number of hydrogen-bond donors (Lipinski definition) is 2. The van der Waals surface area contributed by atoms with Crippen LogP contribution in [0.1, 0.15) is 64.0 Å². The van der Waals surface area contributed by atoms with Crippen LogP contribution in [0.4, 0.5) is 18.0 Å². The Labute approximate surface area is 213 Å². The predicted octanol–water partition coefficient (Wildman–Crippen LogP) is 3.76. The number of amides is 3. The van der Waals surface area contributed by atoms with Crippen molar-refractivity contribution in [1.82, 2.24) is 15.5 Å². The molecule has 1 aromatic carbocycles. The SMILES string of the molecule is CC(C)(C)OC(=O)NC1(C(=O)N2CCC[C@@H](C(=O)NCc3ccc(C#N)cc3OC(F)(F)F)C2)CCC1. The van der Waals surface area contributed by atoms with Crippen LogP contribution in [0.5, 0.6) is 5.75 Å². The number of nitriles is 1. The van der Waals surface area contributed by atoms with E-state index in [0.717, 1.165) is 12.5 Å². The van der Waals surface area contributed by atoms with E-state index in [4.69, 9.17) is 10.00 Å². The number of nitrogens with zero attached hydrogens (tertiary/aromatic N) is 2. The average Bonchev–Trinajstić information content (AvgIpc) is 2.77. The van der Waals surface area contributed by atoms with Crippen molar-refractivity contribution in [3.05, 3.63) is 29.3 Å². The number of nitrogens with one attached hydrogen (secondary N) is 2. The van der Waals surface area contributed by atoms with Gasteiger partial charge in [0.1, 0.15) is 16.9 Å². The first-order valence-electron chi connectivity index (χ1n) is 12.1. The second-order valence-corrected chi connectivity index (χ2v) is 10.4. The molecule has 37 heavy (non-hydrogen) atoms. The zero-order chi connectivity index (χ0) is 27.4. The third kappa shape index (κ3) is 7.50. The van der Waals surface area contributed by atoms with Crippen molar-refractivity contribution >= 4 is 17.9 Å².